The summed E-state index contributed by atoms with van der Waals surface area (Å²) in [5.41, 5.74) is 0.0968. The zero-order chi connectivity index (χ0) is 22.1. The maximum Gasteiger partial charge on any atom is 0.269 e. The van der Waals surface area contributed by atoms with Gasteiger partial charge in [0, 0.05) is 14.1 Å². The van der Waals surface area contributed by atoms with Crippen LogP contribution in [-0.4, -0.2) is 53.2 Å². The minimum absolute atomic E-state index is 0.0968. The van der Waals surface area contributed by atoms with Crippen molar-refractivity contribution < 1.29 is 22.2 Å². The van der Waals surface area contributed by atoms with Crippen LogP contribution < -0.4 is 10.6 Å². The van der Waals surface area contributed by atoms with E-state index in [9.17, 15) is 17.7 Å². The highest BCUT2D eigenvalue weighted by Crippen LogP contribution is 2.31. The second-order valence-electron chi connectivity index (χ2n) is 6.76. The summed E-state index contributed by atoms with van der Waals surface area (Å²) in [6.07, 6.45) is 2.34. The van der Waals surface area contributed by atoms with Crippen molar-refractivity contribution in [2.45, 2.75) is 31.7 Å². The van der Waals surface area contributed by atoms with E-state index in [0.717, 1.165) is 10.1 Å². The van der Waals surface area contributed by atoms with E-state index in [0.29, 0.717) is 18.6 Å². The molecule has 30 heavy (non-hydrogen) atoms. The lowest BCUT2D eigenvalue weighted by Gasteiger charge is -2.19. The summed E-state index contributed by atoms with van der Waals surface area (Å²) in [6, 6.07) is 3.60. The summed E-state index contributed by atoms with van der Waals surface area (Å²) in [5.74, 6) is 1.18. The number of halogens is 1. The minimum atomic E-state index is -3.96. The highest BCUT2D eigenvalue weighted by Gasteiger charge is 2.34. The summed E-state index contributed by atoms with van der Waals surface area (Å²) in [4.78, 5) is -0.303. The molecule has 1 aromatic rings. The second-order valence-corrected chi connectivity index (χ2v) is 10.2. The fourth-order valence-corrected chi connectivity index (χ4v) is 5.21. The lowest BCUT2D eigenvalue weighted by Crippen LogP contribution is -2.38. The molecule has 0 fully saturated rings. The van der Waals surface area contributed by atoms with Gasteiger partial charge in [0.25, 0.3) is 11.2 Å². The first-order valence-corrected chi connectivity index (χ1v) is 11.9. The molecule has 0 aromatic carbocycles. The van der Waals surface area contributed by atoms with Crippen LogP contribution in [0, 0.1) is 6.92 Å². The second kappa shape index (κ2) is 8.92. The molecule has 0 amide bonds. The van der Waals surface area contributed by atoms with E-state index in [1.54, 1.807) is 12.1 Å². The number of aliphatic hydroxyl groups is 1. The van der Waals surface area contributed by atoms with Gasteiger partial charge in [0.05, 0.1) is 17.6 Å². The van der Waals surface area contributed by atoms with Gasteiger partial charge in [-0.2, -0.15) is 0 Å². The largest absolute Gasteiger partial charge is 0.505 e. The molecule has 2 aliphatic rings. The topological polar surface area (TPSA) is 137 Å². The molecule has 2 unspecified atom stereocenters. The van der Waals surface area contributed by atoms with Crippen LogP contribution in [0.1, 0.15) is 24.4 Å². The number of hydrogen-bond acceptors (Lipinski definition) is 7. The van der Waals surface area contributed by atoms with Gasteiger partial charge in [0.2, 0.25) is 10.0 Å². The van der Waals surface area contributed by atoms with E-state index >= 15 is 0 Å². The number of nitrogens with zero attached hydrogens (tertiary/aromatic N) is 3. The predicted molar refractivity (Wildman–Crippen MR) is 116 cm³/mol. The van der Waals surface area contributed by atoms with Crippen molar-refractivity contribution in [3.05, 3.63) is 46.1 Å². The lowest BCUT2D eigenvalue weighted by atomic mass is 10.2. The van der Waals surface area contributed by atoms with Crippen molar-refractivity contribution in [1.82, 2.24) is 14.9 Å². The van der Waals surface area contributed by atoms with Crippen molar-refractivity contribution in [3.8, 4) is 0 Å². The van der Waals surface area contributed by atoms with Gasteiger partial charge in [-0.1, -0.05) is 6.08 Å². The van der Waals surface area contributed by atoms with Crippen LogP contribution in [0.5, 0.6) is 0 Å². The van der Waals surface area contributed by atoms with Crippen molar-refractivity contribution >= 4 is 44.5 Å². The molecular formula is C17H22ClN5O5S2. The molecule has 0 radical (unpaired) electrons. The van der Waals surface area contributed by atoms with Crippen LogP contribution in [0.15, 0.2) is 47.8 Å². The summed E-state index contributed by atoms with van der Waals surface area (Å²) in [7, 11) is -1.25. The number of sulfonamides is 1. The molecule has 0 saturated heterocycles. The van der Waals surface area contributed by atoms with E-state index in [4.69, 9.17) is 16.0 Å². The Balaban J connectivity index is 1.85. The number of aliphatic hydroxyl groups excluding tert-OH is 1. The molecule has 0 spiro atoms. The Morgan fingerprint density at radius 1 is 1.33 bits per heavy atom. The Hall–Kier alpha value is -2.15. The molecule has 0 bridgehead atoms. The monoisotopic (exact) mass is 475 g/mol. The number of allylic oxidation sites excluding steroid dienone is 2. The highest BCUT2D eigenvalue weighted by atomic mass is 35.5. The third-order valence-corrected chi connectivity index (χ3v) is 7.58. The summed E-state index contributed by atoms with van der Waals surface area (Å²) in [6.45, 7) is 2.09. The van der Waals surface area contributed by atoms with Crippen LogP contribution in [-0.2, 0) is 27.7 Å². The van der Waals surface area contributed by atoms with E-state index in [2.05, 4.69) is 19.4 Å². The van der Waals surface area contributed by atoms with Crippen molar-refractivity contribution in [2.24, 2.45) is 8.80 Å². The molecule has 2 heterocycles. The number of hydrogen-bond donors (Lipinski definition) is 3. The molecule has 1 aliphatic heterocycles. The molecule has 164 valence electrons. The first kappa shape index (κ1) is 22.5. The summed E-state index contributed by atoms with van der Waals surface area (Å²) < 4.78 is 51.4. The quantitative estimate of drug-likeness (QED) is 0.550. The Morgan fingerprint density at radius 2 is 2.03 bits per heavy atom. The SMILES string of the molecule is Cc1ccc(CNC2=NS(=O)N=C2NC2=CCCC(Cl)C(S(=O)(=O)N(C)C)=C2O)o1. The average molecular weight is 476 g/mol. The van der Waals surface area contributed by atoms with Crippen LogP contribution in [0.2, 0.25) is 0 Å². The fourth-order valence-electron chi connectivity index (χ4n) is 2.81. The van der Waals surface area contributed by atoms with Gasteiger partial charge in [-0.05, 0) is 31.9 Å². The molecule has 1 aromatic heterocycles. The van der Waals surface area contributed by atoms with Crippen LogP contribution in [0.3, 0.4) is 0 Å². The van der Waals surface area contributed by atoms with Crippen LogP contribution in [0.4, 0.5) is 0 Å². The van der Waals surface area contributed by atoms with Gasteiger partial charge in [0.15, 0.2) is 17.4 Å². The number of aryl methyl sites for hydroxylation is 1. The molecule has 3 N–H and O–H groups in total. The van der Waals surface area contributed by atoms with Crippen molar-refractivity contribution in [1.29, 1.82) is 0 Å². The number of amidine groups is 2. The Labute approximate surface area is 182 Å². The average Bonchev–Trinajstić information content (AvgIpc) is 3.19. The van der Waals surface area contributed by atoms with Crippen LogP contribution >= 0.6 is 11.6 Å². The van der Waals surface area contributed by atoms with Gasteiger partial charge in [-0.15, -0.1) is 20.4 Å². The molecule has 1 aliphatic carbocycles. The fraction of sp³-hybridized carbons (Fsp3) is 0.412. The standard InChI is InChI=1S/C17H22ClN5O5S2/c1-10-7-8-11(28-10)9-19-16-17(22-29(25)21-16)20-13-6-4-5-12(18)15(14(13)24)30(26,27)23(2)3/h6-8,12,24H,4-5,9H2,1-3H3,(H,19,21)(H,20,22). The Kier molecular flexibility index (Phi) is 6.70. The lowest BCUT2D eigenvalue weighted by molar-refractivity contribution is 0.412. The Morgan fingerprint density at radius 3 is 2.67 bits per heavy atom. The smallest absolute Gasteiger partial charge is 0.269 e. The molecule has 13 heteroatoms. The zero-order valence-corrected chi connectivity index (χ0v) is 18.9. The van der Waals surface area contributed by atoms with Crippen molar-refractivity contribution in [2.75, 3.05) is 14.1 Å². The molecule has 3 rings (SSSR count). The van der Waals surface area contributed by atoms with E-state index < -0.39 is 32.3 Å². The van der Waals surface area contributed by atoms with Crippen LogP contribution in [0.25, 0.3) is 0 Å². The summed E-state index contributed by atoms with van der Waals surface area (Å²) >= 11 is 4.40. The normalized spacial score (nSPS) is 22.5. The zero-order valence-electron chi connectivity index (χ0n) is 16.5. The molecule has 0 saturated carbocycles. The maximum atomic E-state index is 12.7. The number of nitrogens with one attached hydrogen (secondary N) is 2. The van der Waals surface area contributed by atoms with Gasteiger partial charge in [0.1, 0.15) is 16.4 Å². The Bertz CT molecular complexity index is 1090. The van der Waals surface area contributed by atoms with E-state index in [1.165, 1.54) is 14.1 Å². The van der Waals surface area contributed by atoms with E-state index in [1.807, 2.05) is 13.0 Å². The van der Waals surface area contributed by atoms with Gasteiger partial charge < -0.3 is 20.2 Å². The van der Waals surface area contributed by atoms with Gasteiger partial charge in [-0.3, -0.25) is 0 Å². The maximum absolute atomic E-state index is 12.7. The predicted octanol–water partition coefficient (Wildman–Crippen LogP) is 1.60. The first-order chi connectivity index (χ1) is 14.1. The minimum Gasteiger partial charge on any atom is -0.505 e. The molecule has 10 nitrogen and oxygen atoms in total. The first-order valence-electron chi connectivity index (χ1n) is 8.96. The third kappa shape index (κ3) is 4.77. The van der Waals surface area contributed by atoms with E-state index in [-0.39, 0.29) is 28.8 Å². The van der Waals surface area contributed by atoms with Crippen molar-refractivity contribution in [3.63, 3.8) is 0 Å². The molecular weight excluding hydrogens is 454 g/mol. The summed E-state index contributed by atoms with van der Waals surface area (Å²) in [5, 5.41) is 15.6. The molecule has 2 atom stereocenters. The number of alkyl halides is 1. The number of furan rings is 1. The van der Waals surface area contributed by atoms with Gasteiger partial charge >= 0.3 is 0 Å². The highest BCUT2D eigenvalue weighted by molar-refractivity contribution is 7.93. The number of rotatable bonds is 5. The third-order valence-electron chi connectivity index (χ3n) is 4.34. The van der Waals surface area contributed by atoms with Gasteiger partial charge in [-0.25, -0.2) is 16.9 Å².